The molecule has 0 aromatic heterocycles. The summed E-state index contributed by atoms with van der Waals surface area (Å²) >= 11 is 2.13. The lowest BCUT2D eigenvalue weighted by Crippen LogP contribution is -2.31. The molecule has 0 aliphatic carbocycles. The Bertz CT molecular complexity index is 405. The summed E-state index contributed by atoms with van der Waals surface area (Å²) in [6.07, 6.45) is 2.50. The van der Waals surface area contributed by atoms with Crippen molar-refractivity contribution in [3.63, 3.8) is 0 Å². The second-order valence-electron chi connectivity index (χ2n) is 6.51. The average Bonchev–Trinajstić information content (AvgIpc) is 2.65. The Balaban J connectivity index is 1.87. The molecule has 1 atom stereocenters. The number of rotatable bonds is 6. The molecule has 1 fully saturated rings. The normalized spacial score (nSPS) is 20.9. The zero-order chi connectivity index (χ0) is 15.1. The largest absolute Gasteiger partial charge is 0.310 e. The van der Waals surface area contributed by atoms with Crippen LogP contribution in [0.4, 0.5) is 0 Å². The topological polar surface area (TPSA) is 15.3 Å². The van der Waals surface area contributed by atoms with E-state index >= 15 is 0 Å². The van der Waals surface area contributed by atoms with E-state index in [0.717, 1.165) is 6.54 Å². The summed E-state index contributed by atoms with van der Waals surface area (Å²) in [6, 6.07) is 11.4. The molecule has 3 heteroatoms. The van der Waals surface area contributed by atoms with Gasteiger partial charge in [0, 0.05) is 23.1 Å². The van der Waals surface area contributed by atoms with E-state index in [9.17, 15) is 0 Å². The maximum absolute atomic E-state index is 3.64. The molecule has 1 aliphatic rings. The van der Waals surface area contributed by atoms with Crippen LogP contribution in [-0.2, 0) is 0 Å². The molecule has 2 nitrogen and oxygen atoms in total. The minimum absolute atomic E-state index is 0.454. The lowest BCUT2D eigenvalue weighted by atomic mass is 10.0. The average molecular weight is 307 g/mol. The summed E-state index contributed by atoms with van der Waals surface area (Å²) in [6.45, 7) is 11.7. The Morgan fingerprint density at radius 1 is 1.24 bits per heavy atom. The summed E-state index contributed by atoms with van der Waals surface area (Å²) in [7, 11) is 0. The number of thioether (sulfide) groups is 1. The Morgan fingerprint density at radius 2 is 2.00 bits per heavy atom. The molecule has 1 aromatic carbocycles. The fourth-order valence-electron chi connectivity index (χ4n) is 2.92. The number of nitrogens with one attached hydrogen (secondary N) is 1. The van der Waals surface area contributed by atoms with Crippen molar-refractivity contribution in [1.82, 2.24) is 10.2 Å². The summed E-state index contributed by atoms with van der Waals surface area (Å²) in [5.74, 6) is 1.27. The van der Waals surface area contributed by atoms with Gasteiger partial charge in [-0.05, 0) is 38.0 Å². The standard InChI is InChI=1S/C18H30N2S/c1-4-19-17(16-8-6-5-7-9-16)10-12-20-13-11-18(2,3)21-15-14-20/h5-9,17,19H,4,10-15H2,1-3H3. The van der Waals surface area contributed by atoms with Gasteiger partial charge in [-0.2, -0.15) is 11.8 Å². The highest BCUT2D eigenvalue weighted by Crippen LogP contribution is 2.31. The minimum Gasteiger partial charge on any atom is -0.310 e. The van der Waals surface area contributed by atoms with Gasteiger partial charge in [0.1, 0.15) is 0 Å². The van der Waals surface area contributed by atoms with Crippen LogP contribution in [0.25, 0.3) is 0 Å². The molecule has 1 aliphatic heterocycles. The van der Waals surface area contributed by atoms with E-state index in [4.69, 9.17) is 0 Å². The van der Waals surface area contributed by atoms with E-state index in [0.29, 0.717) is 10.8 Å². The molecule has 1 unspecified atom stereocenters. The van der Waals surface area contributed by atoms with E-state index in [1.54, 1.807) is 0 Å². The summed E-state index contributed by atoms with van der Waals surface area (Å²) in [5.41, 5.74) is 1.42. The van der Waals surface area contributed by atoms with Crippen LogP contribution in [-0.4, -0.2) is 41.6 Å². The lowest BCUT2D eigenvalue weighted by molar-refractivity contribution is 0.266. The zero-order valence-corrected chi connectivity index (χ0v) is 14.6. The van der Waals surface area contributed by atoms with Crippen LogP contribution >= 0.6 is 11.8 Å². The van der Waals surface area contributed by atoms with E-state index in [1.165, 1.54) is 43.8 Å². The van der Waals surface area contributed by atoms with E-state index in [2.05, 4.69) is 73.1 Å². The first-order chi connectivity index (χ1) is 10.1. The van der Waals surface area contributed by atoms with Crippen LogP contribution in [0, 0.1) is 0 Å². The van der Waals surface area contributed by atoms with E-state index in [-0.39, 0.29) is 0 Å². The Hall–Kier alpha value is -0.510. The van der Waals surface area contributed by atoms with Gasteiger partial charge < -0.3 is 10.2 Å². The molecule has 1 N–H and O–H groups in total. The van der Waals surface area contributed by atoms with Gasteiger partial charge in [-0.15, -0.1) is 0 Å². The molecular formula is C18H30N2S. The van der Waals surface area contributed by atoms with Gasteiger partial charge in [0.25, 0.3) is 0 Å². The smallest absolute Gasteiger partial charge is 0.0332 e. The van der Waals surface area contributed by atoms with Crippen molar-refractivity contribution in [2.45, 2.75) is 44.4 Å². The third kappa shape index (κ3) is 5.65. The van der Waals surface area contributed by atoms with Gasteiger partial charge in [-0.25, -0.2) is 0 Å². The van der Waals surface area contributed by atoms with Gasteiger partial charge in [-0.1, -0.05) is 51.1 Å². The maximum Gasteiger partial charge on any atom is 0.0332 e. The zero-order valence-electron chi connectivity index (χ0n) is 13.8. The van der Waals surface area contributed by atoms with Gasteiger partial charge in [0.15, 0.2) is 0 Å². The van der Waals surface area contributed by atoms with Crippen molar-refractivity contribution in [1.29, 1.82) is 0 Å². The van der Waals surface area contributed by atoms with E-state index < -0.39 is 0 Å². The number of nitrogens with zero attached hydrogens (tertiary/aromatic N) is 1. The number of hydrogen-bond donors (Lipinski definition) is 1. The first-order valence-corrected chi connectivity index (χ1v) is 9.24. The van der Waals surface area contributed by atoms with Crippen molar-refractivity contribution < 1.29 is 0 Å². The highest BCUT2D eigenvalue weighted by Gasteiger charge is 2.23. The van der Waals surface area contributed by atoms with Crippen LogP contribution in [0.3, 0.4) is 0 Å². The van der Waals surface area contributed by atoms with Crippen LogP contribution in [0.15, 0.2) is 30.3 Å². The molecule has 118 valence electrons. The lowest BCUT2D eigenvalue weighted by Gasteiger charge is -2.25. The van der Waals surface area contributed by atoms with Crippen LogP contribution in [0.5, 0.6) is 0 Å². The SMILES string of the molecule is CCNC(CCN1CCSC(C)(C)CC1)c1ccccc1. The Labute approximate surface area is 134 Å². The second kappa shape index (κ2) is 8.21. The summed E-state index contributed by atoms with van der Waals surface area (Å²) < 4.78 is 0.454. The molecule has 1 aromatic rings. The summed E-state index contributed by atoms with van der Waals surface area (Å²) in [4.78, 5) is 2.65. The third-order valence-electron chi connectivity index (χ3n) is 4.32. The molecule has 0 saturated carbocycles. The van der Waals surface area contributed by atoms with Crippen LogP contribution in [0.1, 0.15) is 45.2 Å². The van der Waals surface area contributed by atoms with Gasteiger partial charge >= 0.3 is 0 Å². The Morgan fingerprint density at radius 3 is 2.71 bits per heavy atom. The van der Waals surface area contributed by atoms with E-state index in [1.807, 2.05) is 0 Å². The van der Waals surface area contributed by atoms with Crippen molar-refractivity contribution in [2.24, 2.45) is 0 Å². The van der Waals surface area contributed by atoms with Gasteiger partial charge in [0.05, 0.1) is 0 Å². The van der Waals surface area contributed by atoms with Crippen molar-refractivity contribution in [3.8, 4) is 0 Å². The highest BCUT2D eigenvalue weighted by atomic mass is 32.2. The predicted octanol–water partition coefficient (Wildman–Crippen LogP) is 3.94. The molecule has 0 radical (unpaired) electrons. The summed E-state index contributed by atoms with van der Waals surface area (Å²) in [5, 5.41) is 3.64. The van der Waals surface area contributed by atoms with Crippen LogP contribution < -0.4 is 5.32 Å². The van der Waals surface area contributed by atoms with Gasteiger partial charge in [0.2, 0.25) is 0 Å². The quantitative estimate of drug-likeness (QED) is 0.857. The minimum atomic E-state index is 0.454. The van der Waals surface area contributed by atoms with Gasteiger partial charge in [-0.3, -0.25) is 0 Å². The molecule has 0 amide bonds. The number of hydrogen-bond acceptors (Lipinski definition) is 3. The fourth-order valence-corrected chi connectivity index (χ4v) is 4.05. The van der Waals surface area contributed by atoms with Crippen LogP contribution in [0.2, 0.25) is 0 Å². The molecule has 2 rings (SSSR count). The third-order valence-corrected chi connectivity index (χ3v) is 5.69. The monoisotopic (exact) mass is 306 g/mol. The maximum atomic E-state index is 3.64. The molecule has 0 spiro atoms. The fraction of sp³-hybridized carbons (Fsp3) is 0.667. The second-order valence-corrected chi connectivity index (χ2v) is 8.31. The first kappa shape index (κ1) is 16.9. The molecular weight excluding hydrogens is 276 g/mol. The van der Waals surface area contributed by atoms with Crippen molar-refractivity contribution in [3.05, 3.63) is 35.9 Å². The first-order valence-electron chi connectivity index (χ1n) is 8.25. The molecule has 21 heavy (non-hydrogen) atoms. The predicted molar refractivity (Wildman–Crippen MR) is 95.1 cm³/mol. The van der Waals surface area contributed by atoms with Crippen molar-refractivity contribution >= 4 is 11.8 Å². The van der Waals surface area contributed by atoms with Crippen molar-refractivity contribution in [2.75, 3.05) is 31.9 Å². The highest BCUT2D eigenvalue weighted by molar-refractivity contribution is 8.00. The molecule has 1 saturated heterocycles. The Kier molecular flexibility index (Phi) is 6.59. The number of benzene rings is 1. The molecule has 1 heterocycles. The molecule has 0 bridgehead atoms.